The number of benzene rings is 1. The molecule has 2 aliphatic carbocycles. The van der Waals surface area contributed by atoms with Crippen molar-refractivity contribution in [2.45, 2.75) is 37.1 Å². The highest BCUT2D eigenvalue weighted by Gasteiger charge is 2.43. The first-order valence-electron chi connectivity index (χ1n) is 8.14. The highest BCUT2D eigenvalue weighted by Crippen LogP contribution is 2.47. The van der Waals surface area contributed by atoms with Crippen molar-refractivity contribution in [3.8, 4) is 0 Å². The number of anilines is 1. The third kappa shape index (κ3) is 2.73. The molecule has 0 aliphatic heterocycles. The first-order chi connectivity index (χ1) is 11.6. The molecule has 0 radical (unpaired) electrons. The number of halogens is 1. The molecule has 2 aromatic rings. The summed E-state index contributed by atoms with van der Waals surface area (Å²) in [7, 11) is 1.93. The van der Waals surface area contributed by atoms with Gasteiger partial charge in [-0.2, -0.15) is 0 Å². The predicted molar refractivity (Wildman–Crippen MR) is 92.0 cm³/mol. The third-order valence-corrected chi connectivity index (χ3v) is 5.16. The van der Waals surface area contributed by atoms with Crippen LogP contribution in [0.5, 0.6) is 0 Å². The van der Waals surface area contributed by atoms with E-state index in [1.165, 1.54) is 5.56 Å². The number of hydrogen-bond donors (Lipinski definition) is 1. The number of carbonyl (C=O) groups is 1. The Bertz CT molecular complexity index is 792. The molecule has 4 rings (SSSR count). The molecular formula is C18H18ClN3O2. The maximum Gasteiger partial charge on any atom is 0.356 e. The van der Waals surface area contributed by atoms with Crippen molar-refractivity contribution in [3.05, 3.63) is 52.4 Å². The molecule has 2 fully saturated rings. The van der Waals surface area contributed by atoms with E-state index >= 15 is 0 Å². The lowest BCUT2D eigenvalue weighted by atomic mass is 10.1. The van der Waals surface area contributed by atoms with Crippen LogP contribution < -0.4 is 4.90 Å². The first kappa shape index (κ1) is 15.4. The van der Waals surface area contributed by atoms with E-state index in [2.05, 4.69) is 22.1 Å². The van der Waals surface area contributed by atoms with Crippen molar-refractivity contribution in [3.63, 3.8) is 0 Å². The topological polar surface area (TPSA) is 66.3 Å². The summed E-state index contributed by atoms with van der Waals surface area (Å²) in [6, 6.07) is 10.6. The molecule has 0 unspecified atom stereocenters. The van der Waals surface area contributed by atoms with Crippen LogP contribution in [0.25, 0.3) is 0 Å². The summed E-state index contributed by atoms with van der Waals surface area (Å²) >= 11 is 6.31. The van der Waals surface area contributed by atoms with Crippen LogP contribution in [0.4, 0.5) is 5.82 Å². The SMILES string of the molecule is CN(c1nc(C2CC2)nc(C(=O)O)c1Cl)[C@H]1C[C@@H]1c1ccccc1. The lowest BCUT2D eigenvalue weighted by Gasteiger charge is -2.21. The van der Waals surface area contributed by atoms with Gasteiger partial charge in [-0.15, -0.1) is 0 Å². The first-order valence-corrected chi connectivity index (χ1v) is 8.52. The van der Waals surface area contributed by atoms with Crippen molar-refractivity contribution in [1.82, 2.24) is 9.97 Å². The van der Waals surface area contributed by atoms with Crippen molar-refractivity contribution >= 4 is 23.4 Å². The van der Waals surface area contributed by atoms with E-state index in [0.29, 0.717) is 17.6 Å². The summed E-state index contributed by atoms with van der Waals surface area (Å²) in [5.74, 6) is 0.746. The second kappa shape index (κ2) is 5.74. The molecule has 5 nitrogen and oxygen atoms in total. The summed E-state index contributed by atoms with van der Waals surface area (Å²) in [5, 5.41) is 9.52. The molecule has 1 N–H and O–H groups in total. The van der Waals surface area contributed by atoms with Gasteiger partial charge in [0.2, 0.25) is 0 Å². The van der Waals surface area contributed by atoms with E-state index in [4.69, 9.17) is 11.6 Å². The summed E-state index contributed by atoms with van der Waals surface area (Å²) in [5.41, 5.74) is 1.20. The van der Waals surface area contributed by atoms with Crippen LogP contribution in [0, 0.1) is 0 Å². The van der Waals surface area contributed by atoms with Gasteiger partial charge in [0.15, 0.2) is 11.5 Å². The Hall–Kier alpha value is -2.14. The molecular weight excluding hydrogens is 326 g/mol. The zero-order valence-electron chi connectivity index (χ0n) is 13.3. The molecule has 2 aliphatic rings. The van der Waals surface area contributed by atoms with Crippen LogP contribution in [-0.4, -0.2) is 34.1 Å². The standard InChI is InChI=1S/C18H18ClN3O2/c1-22(13-9-12(13)10-5-3-2-4-6-10)17-14(19)15(18(23)24)20-16(21-17)11-7-8-11/h2-6,11-13H,7-9H2,1H3,(H,23,24)/t12-,13+/m1/s1. The Kier molecular flexibility index (Phi) is 3.68. The fourth-order valence-electron chi connectivity index (χ4n) is 3.18. The molecule has 0 amide bonds. The van der Waals surface area contributed by atoms with E-state index in [1.807, 2.05) is 30.1 Å². The summed E-state index contributed by atoms with van der Waals surface area (Å²) < 4.78 is 0. The molecule has 0 bridgehead atoms. The van der Waals surface area contributed by atoms with Gasteiger partial charge in [-0.05, 0) is 24.8 Å². The van der Waals surface area contributed by atoms with Gasteiger partial charge in [-0.25, -0.2) is 14.8 Å². The smallest absolute Gasteiger partial charge is 0.356 e. The maximum atomic E-state index is 11.5. The second-order valence-electron chi connectivity index (χ2n) is 6.58. The van der Waals surface area contributed by atoms with E-state index in [-0.39, 0.29) is 22.7 Å². The van der Waals surface area contributed by atoms with Crippen LogP contribution >= 0.6 is 11.6 Å². The Morgan fingerprint density at radius 3 is 2.58 bits per heavy atom. The van der Waals surface area contributed by atoms with Gasteiger partial charge in [-0.3, -0.25) is 0 Å². The minimum atomic E-state index is -1.10. The molecule has 24 heavy (non-hydrogen) atoms. The highest BCUT2D eigenvalue weighted by atomic mass is 35.5. The number of carboxylic acid groups (broad SMARTS) is 1. The Labute approximate surface area is 145 Å². The van der Waals surface area contributed by atoms with Crippen LogP contribution in [0.15, 0.2) is 30.3 Å². The molecule has 1 aromatic carbocycles. The van der Waals surface area contributed by atoms with Gasteiger partial charge in [0.05, 0.1) is 0 Å². The molecule has 2 saturated carbocycles. The molecule has 0 spiro atoms. The zero-order valence-corrected chi connectivity index (χ0v) is 14.1. The highest BCUT2D eigenvalue weighted by molar-refractivity contribution is 6.35. The number of likely N-dealkylation sites (N-methyl/N-ethyl adjacent to an activating group) is 1. The van der Waals surface area contributed by atoms with Gasteiger partial charge in [0.25, 0.3) is 0 Å². The van der Waals surface area contributed by atoms with E-state index < -0.39 is 5.97 Å². The molecule has 0 saturated heterocycles. The quantitative estimate of drug-likeness (QED) is 0.896. The number of carboxylic acids is 1. The Morgan fingerprint density at radius 1 is 1.25 bits per heavy atom. The number of aromatic carboxylic acids is 1. The van der Waals surface area contributed by atoms with Gasteiger partial charge in [0.1, 0.15) is 10.8 Å². The van der Waals surface area contributed by atoms with Gasteiger partial charge < -0.3 is 10.0 Å². The van der Waals surface area contributed by atoms with Crippen molar-refractivity contribution < 1.29 is 9.90 Å². The van der Waals surface area contributed by atoms with Crippen LogP contribution in [0.1, 0.15) is 53.0 Å². The number of rotatable bonds is 5. The number of hydrogen-bond acceptors (Lipinski definition) is 4. The van der Waals surface area contributed by atoms with Crippen molar-refractivity contribution in [2.24, 2.45) is 0 Å². The van der Waals surface area contributed by atoms with Gasteiger partial charge in [0, 0.05) is 24.9 Å². The number of nitrogens with zero attached hydrogens (tertiary/aromatic N) is 3. The van der Waals surface area contributed by atoms with Gasteiger partial charge >= 0.3 is 5.97 Å². The van der Waals surface area contributed by atoms with E-state index in [9.17, 15) is 9.90 Å². The normalized spacial score (nSPS) is 22.2. The summed E-state index contributed by atoms with van der Waals surface area (Å²) in [6.07, 6.45) is 3.04. The van der Waals surface area contributed by atoms with Crippen molar-refractivity contribution in [1.29, 1.82) is 0 Å². The molecule has 1 heterocycles. The Morgan fingerprint density at radius 2 is 1.96 bits per heavy atom. The second-order valence-corrected chi connectivity index (χ2v) is 6.96. The lowest BCUT2D eigenvalue weighted by molar-refractivity contribution is 0.0690. The van der Waals surface area contributed by atoms with Gasteiger partial charge in [-0.1, -0.05) is 41.9 Å². The maximum absolute atomic E-state index is 11.5. The molecule has 124 valence electrons. The summed E-state index contributed by atoms with van der Waals surface area (Å²) in [6.45, 7) is 0. The molecule has 2 atom stereocenters. The average Bonchev–Trinajstić information content (AvgIpc) is 3.48. The minimum Gasteiger partial charge on any atom is -0.476 e. The number of aromatic nitrogens is 2. The fraction of sp³-hybridized carbons (Fsp3) is 0.389. The third-order valence-electron chi connectivity index (χ3n) is 4.81. The lowest BCUT2D eigenvalue weighted by Crippen LogP contribution is -2.24. The van der Waals surface area contributed by atoms with E-state index in [1.54, 1.807) is 0 Å². The molecule has 1 aromatic heterocycles. The predicted octanol–water partition coefficient (Wildman–Crippen LogP) is 3.70. The summed E-state index contributed by atoms with van der Waals surface area (Å²) in [4.78, 5) is 22.2. The zero-order chi connectivity index (χ0) is 16.8. The largest absolute Gasteiger partial charge is 0.476 e. The van der Waals surface area contributed by atoms with Crippen LogP contribution in [0.2, 0.25) is 5.02 Å². The van der Waals surface area contributed by atoms with Crippen molar-refractivity contribution in [2.75, 3.05) is 11.9 Å². The monoisotopic (exact) mass is 343 g/mol. The average molecular weight is 344 g/mol. The minimum absolute atomic E-state index is 0.0904. The van der Waals surface area contributed by atoms with E-state index in [0.717, 1.165) is 19.3 Å². The Balaban J connectivity index is 1.65. The molecule has 6 heteroatoms. The van der Waals surface area contributed by atoms with Crippen LogP contribution in [-0.2, 0) is 0 Å². The fourth-order valence-corrected chi connectivity index (χ4v) is 3.48. The van der Waals surface area contributed by atoms with Crippen LogP contribution in [0.3, 0.4) is 0 Å².